The lowest BCUT2D eigenvalue weighted by Gasteiger charge is -2.01. The van der Waals surface area contributed by atoms with Gasteiger partial charge in [0.1, 0.15) is 11.5 Å². The van der Waals surface area contributed by atoms with Crippen molar-refractivity contribution in [2.24, 2.45) is 0 Å². The predicted octanol–water partition coefficient (Wildman–Crippen LogP) is 3.90. The summed E-state index contributed by atoms with van der Waals surface area (Å²) in [7, 11) is 0. The molecular weight excluding hydrogens is 376 g/mol. The number of nitrogens with zero attached hydrogens (tertiary/aromatic N) is 1. The van der Waals surface area contributed by atoms with Gasteiger partial charge < -0.3 is 14.2 Å². The molecule has 7 heteroatoms. The van der Waals surface area contributed by atoms with Gasteiger partial charge in [-0.3, -0.25) is 9.59 Å². The second-order valence-corrected chi connectivity index (χ2v) is 6.06. The summed E-state index contributed by atoms with van der Waals surface area (Å²) in [4.78, 5) is 26.5. The van der Waals surface area contributed by atoms with E-state index < -0.39 is 5.97 Å². The molecule has 2 heterocycles. The number of esters is 1. The summed E-state index contributed by atoms with van der Waals surface area (Å²) in [6.45, 7) is 2.97. The Morgan fingerprint density at radius 1 is 1.25 bits per heavy atom. The fourth-order valence-electron chi connectivity index (χ4n) is 2.31. The molecule has 0 unspecified atom stereocenters. The molecule has 24 heavy (non-hydrogen) atoms. The predicted molar refractivity (Wildman–Crippen MR) is 89.9 cm³/mol. The number of nitrogens with one attached hydrogen (secondary N) is 1. The lowest BCUT2D eigenvalue weighted by atomic mass is 10.00. The number of H-pyrrole nitrogens is 1. The minimum absolute atomic E-state index is 0.213. The summed E-state index contributed by atoms with van der Waals surface area (Å²) in [5.41, 5.74) is 1.98. The first-order valence-corrected chi connectivity index (χ1v) is 7.88. The van der Waals surface area contributed by atoms with Crippen LogP contribution < -0.4 is 4.74 Å². The maximum atomic E-state index is 12.8. The summed E-state index contributed by atoms with van der Waals surface area (Å²) in [5.74, 6) is -0.0906. The van der Waals surface area contributed by atoms with E-state index in [1.165, 1.54) is 19.2 Å². The fourth-order valence-corrected chi connectivity index (χ4v) is 2.57. The molecule has 0 fully saturated rings. The van der Waals surface area contributed by atoms with Crippen molar-refractivity contribution in [3.8, 4) is 17.1 Å². The maximum Gasteiger partial charge on any atom is 0.309 e. The largest absolute Gasteiger partial charge is 0.410 e. The summed E-state index contributed by atoms with van der Waals surface area (Å²) >= 11 is 3.37. The zero-order valence-electron chi connectivity index (χ0n) is 12.9. The van der Waals surface area contributed by atoms with Crippen molar-refractivity contribution in [1.29, 1.82) is 0 Å². The third kappa shape index (κ3) is 3.16. The molecule has 0 aliphatic heterocycles. The molecule has 0 saturated carbocycles. The van der Waals surface area contributed by atoms with Crippen LogP contribution in [0.3, 0.4) is 0 Å². The molecule has 6 nitrogen and oxygen atoms in total. The Hall–Kier alpha value is -2.67. The Balaban J connectivity index is 1.98. The van der Waals surface area contributed by atoms with E-state index in [-0.39, 0.29) is 11.7 Å². The molecule has 0 atom stereocenters. The molecule has 0 aliphatic rings. The number of benzene rings is 1. The highest BCUT2D eigenvalue weighted by Gasteiger charge is 2.24. The number of aromatic amines is 1. The third-order valence-corrected chi connectivity index (χ3v) is 3.91. The zero-order chi connectivity index (χ0) is 17.3. The minimum atomic E-state index is -0.465. The van der Waals surface area contributed by atoms with Crippen LogP contribution in [0.4, 0.5) is 0 Å². The Morgan fingerprint density at radius 2 is 1.96 bits per heavy atom. The standard InChI is InChI=1S/C17H13BrN2O4/c1-9-15(16(20-24-9)11-3-5-13(18)6-4-11)17(22)12-7-14(19-8-12)23-10(2)21/h3-8,19H,1-2H3. The van der Waals surface area contributed by atoms with Gasteiger partial charge in [-0.15, -0.1) is 0 Å². The zero-order valence-corrected chi connectivity index (χ0v) is 14.5. The van der Waals surface area contributed by atoms with Crippen LogP contribution in [0.15, 0.2) is 45.5 Å². The number of carbonyl (C=O) groups excluding carboxylic acids is 2. The first-order valence-electron chi connectivity index (χ1n) is 7.09. The van der Waals surface area contributed by atoms with Crippen molar-refractivity contribution in [1.82, 2.24) is 10.1 Å². The number of carbonyl (C=O) groups is 2. The molecule has 3 aromatic rings. The average Bonchev–Trinajstić information content (AvgIpc) is 3.14. The number of aryl methyl sites for hydroxylation is 1. The molecule has 2 aromatic heterocycles. The van der Waals surface area contributed by atoms with Crippen LogP contribution in [0.5, 0.6) is 5.88 Å². The van der Waals surface area contributed by atoms with Crippen molar-refractivity contribution in [2.75, 3.05) is 0 Å². The average molecular weight is 389 g/mol. The second-order valence-electron chi connectivity index (χ2n) is 5.14. The topological polar surface area (TPSA) is 85.2 Å². The Labute approximate surface area is 145 Å². The van der Waals surface area contributed by atoms with E-state index in [9.17, 15) is 9.59 Å². The van der Waals surface area contributed by atoms with Gasteiger partial charge in [-0.25, -0.2) is 0 Å². The van der Waals surface area contributed by atoms with Crippen molar-refractivity contribution < 1.29 is 18.8 Å². The quantitative estimate of drug-likeness (QED) is 0.541. The van der Waals surface area contributed by atoms with Crippen molar-refractivity contribution in [3.05, 3.63) is 57.9 Å². The molecule has 0 radical (unpaired) electrons. The fraction of sp³-hybridized carbons (Fsp3) is 0.118. The second kappa shape index (κ2) is 6.45. The molecule has 0 bridgehead atoms. The monoisotopic (exact) mass is 388 g/mol. The smallest absolute Gasteiger partial charge is 0.309 e. The minimum Gasteiger partial charge on any atom is -0.410 e. The number of ketones is 1. The van der Waals surface area contributed by atoms with E-state index in [1.54, 1.807) is 6.92 Å². The van der Waals surface area contributed by atoms with Gasteiger partial charge in [-0.1, -0.05) is 33.2 Å². The van der Waals surface area contributed by atoms with Crippen LogP contribution in [0.1, 0.15) is 28.6 Å². The highest BCUT2D eigenvalue weighted by Crippen LogP contribution is 2.29. The van der Waals surface area contributed by atoms with Gasteiger partial charge in [0.2, 0.25) is 11.7 Å². The molecule has 0 amide bonds. The van der Waals surface area contributed by atoms with Crippen LogP contribution in [0.2, 0.25) is 0 Å². The highest BCUT2D eigenvalue weighted by molar-refractivity contribution is 9.10. The Morgan fingerprint density at radius 3 is 2.62 bits per heavy atom. The van der Waals surface area contributed by atoms with Crippen molar-refractivity contribution >= 4 is 27.7 Å². The third-order valence-electron chi connectivity index (χ3n) is 3.38. The van der Waals surface area contributed by atoms with Crippen LogP contribution in [-0.2, 0) is 4.79 Å². The molecule has 0 aliphatic carbocycles. The van der Waals surface area contributed by atoms with E-state index in [0.29, 0.717) is 22.6 Å². The van der Waals surface area contributed by atoms with Crippen molar-refractivity contribution in [2.45, 2.75) is 13.8 Å². The van der Waals surface area contributed by atoms with Gasteiger partial charge in [-0.05, 0) is 19.1 Å². The number of halogens is 1. The number of hydrogen-bond acceptors (Lipinski definition) is 5. The number of aromatic nitrogens is 2. The van der Waals surface area contributed by atoms with Gasteiger partial charge in [-0.2, -0.15) is 0 Å². The summed E-state index contributed by atoms with van der Waals surface area (Å²) in [6.07, 6.45) is 1.48. The lowest BCUT2D eigenvalue weighted by Crippen LogP contribution is -2.03. The molecule has 0 spiro atoms. The van der Waals surface area contributed by atoms with Gasteiger partial charge in [0.15, 0.2) is 0 Å². The van der Waals surface area contributed by atoms with E-state index >= 15 is 0 Å². The number of rotatable bonds is 4. The van der Waals surface area contributed by atoms with Gasteiger partial charge >= 0.3 is 5.97 Å². The van der Waals surface area contributed by atoms with Gasteiger partial charge in [0.25, 0.3) is 0 Å². The normalized spacial score (nSPS) is 10.6. The van der Waals surface area contributed by atoms with Crippen LogP contribution in [-0.4, -0.2) is 21.9 Å². The lowest BCUT2D eigenvalue weighted by molar-refractivity contribution is -0.132. The summed E-state index contributed by atoms with van der Waals surface area (Å²) in [5, 5.41) is 4.01. The summed E-state index contributed by atoms with van der Waals surface area (Å²) in [6, 6.07) is 8.89. The Kier molecular flexibility index (Phi) is 4.35. The Bertz CT molecular complexity index is 909. The van der Waals surface area contributed by atoms with E-state index in [4.69, 9.17) is 9.26 Å². The van der Waals surface area contributed by atoms with E-state index in [1.807, 2.05) is 24.3 Å². The highest BCUT2D eigenvalue weighted by atomic mass is 79.9. The first-order chi connectivity index (χ1) is 11.5. The molecule has 1 N–H and O–H groups in total. The maximum absolute atomic E-state index is 12.8. The molecule has 0 saturated heterocycles. The molecular formula is C17H13BrN2O4. The van der Waals surface area contributed by atoms with E-state index in [2.05, 4.69) is 26.1 Å². The van der Waals surface area contributed by atoms with E-state index in [0.717, 1.165) is 10.0 Å². The molecule has 1 aromatic carbocycles. The van der Waals surface area contributed by atoms with Gasteiger partial charge in [0, 0.05) is 34.8 Å². The first kappa shape index (κ1) is 16.2. The van der Waals surface area contributed by atoms with Crippen LogP contribution in [0.25, 0.3) is 11.3 Å². The van der Waals surface area contributed by atoms with Crippen LogP contribution >= 0.6 is 15.9 Å². The number of ether oxygens (including phenoxy) is 1. The summed E-state index contributed by atoms with van der Waals surface area (Å²) < 4.78 is 11.1. The van der Waals surface area contributed by atoms with Crippen molar-refractivity contribution in [3.63, 3.8) is 0 Å². The van der Waals surface area contributed by atoms with Gasteiger partial charge in [0.05, 0.1) is 5.56 Å². The molecule has 3 rings (SSSR count). The molecule has 122 valence electrons. The SMILES string of the molecule is CC(=O)Oc1cc(C(=O)c2c(-c3ccc(Br)cc3)noc2C)c[nH]1. The number of hydrogen-bond donors (Lipinski definition) is 1. The van der Waals surface area contributed by atoms with Crippen LogP contribution in [0, 0.1) is 6.92 Å².